The largest absolute Gasteiger partial charge is 0.369 e. The van der Waals surface area contributed by atoms with Crippen molar-refractivity contribution in [1.29, 1.82) is 0 Å². The molecule has 4 nitrogen and oxygen atoms in total. The number of aromatic nitrogens is 2. The van der Waals surface area contributed by atoms with E-state index in [-0.39, 0.29) is 11.5 Å². The lowest BCUT2D eigenvalue weighted by Crippen LogP contribution is -2.11. The van der Waals surface area contributed by atoms with Gasteiger partial charge in [-0.2, -0.15) is 0 Å². The lowest BCUT2D eigenvalue weighted by atomic mass is 10.1. The van der Waals surface area contributed by atoms with Crippen molar-refractivity contribution in [3.05, 3.63) is 20.8 Å². The van der Waals surface area contributed by atoms with Crippen LogP contribution in [-0.2, 0) is 6.42 Å². The maximum Gasteiger partial charge on any atom is 0.261 e. The molecule has 0 aliphatic carbocycles. The van der Waals surface area contributed by atoms with Gasteiger partial charge in [-0.05, 0) is 18.9 Å². The smallest absolute Gasteiger partial charge is 0.261 e. The SMILES string of the molecule is CCc1c(C)sc2nc(N)[nH]c(=O)c12. The lowest BCUT2D eigenvalue weighted by molar-refractivity contribution is 1.13. The fourth-order valence-electron chi connectivity index (χ4n) is 1.62. The molecule has 0 aromatic carbocycles. The first kappa shape index (κ1) is 9.21. The first-order chi connectivity index (χ1) is 6.63. The number of anilines is 1. The summed E-state index contributed by atoms with van der Waals surface area (Å²) in [5.41, 5.74) is 6.42. The molecule has 0 bridgehead atoms. The maximum absolute atomic E-state index is 11.6. The van der Waals surface area contributed by atoms with Gasteiger partial charge in [0.05, 0.1) is 5.39 Å². The van der Waals surface area contributed by atoms with Gasteiger partial charge >= 0.3 is 0 Å². The number of nitrogens with zero attached hydrogens (tertiary/aromatic N) is 1. The van der Waals surface area contributed by atoms with Crippen LogP contribution in [0.1, 0.15) is 17.4 Å². The number of nitrogen functional groups attached to an aromatic ring is 1. The van der Waals surface area contributed by atoms with Crippen LogP contribution in [0.2, 0.25) is 0 Å². The monoisotopic (exact) mass is 209 g/mol. The summed E-state index contributed by atoms with van der Waals surface area (Å²) in [7, 11) is 0. The predicted molar refractivity (Wildman–Crippen MR) is 58.8 cm³/mol. The van der Waals surface area contributed by atoms with Gasteiger partial charge in [0.25, 0.3) is 5.56 Å². The van der Waals surface area contributed by atoms with E-state index in [0.717, 1.165) is 21.7 Å². The van der Waals surface area contributed by atoms with E-state index in [1.807, 2.05) is 13.8 Å². The molecule has 74 valence electrons. The van der Waals surface area contributed by atoms with Crippen LogP contribution < -0.4 is 11.3 Å². The molecule has 2 aromatic rings. The fraction of sp³-hybridized carbons (Fsp3) is 0.333. The number of nitrogens with one attached hydrogen (secondary N) is 1. The molecular formula is C9H11N3OS. The van der Waals surface area contributed by atoms with Gasteiger partial charge in [-0.3, -0.25) is 9.78 Å². The quantitative estimate of drug-likeness (QED) is 0.746. The Hall–Kier alpha value is -1.36. The lowest BCUT2D eigenvalue weighted by Gasteiger charge is -1.95. The van der Waals surface area contributed by atoms with Crippen molar-refractivity contribution < 1.29 is 0 Å². The number of hydrogen-bond donors (Lipinski definition) is 2. The van der Waals surface area contributed by atoms with Crippen LogP contribution in [-0.4, -0.2) is 9.97 Å². The normalized spacial score (nSPS) is 11.0. The van der Waals surface area contributed by atoms with Crippen LogP contribution >= 0.6 is 11.3 Å². The van der Waals surface area contributed by atoms with E-state index in [1.165, 1.54) is 11.3 Å². The summed E-state index contributed by atoms with van der Waals surface area (Å²) in [6, 6.07) is 0. The molecular weight excluding hydrogens is 198 g/mol. The first-order valence-corrected chi connectivity index (χ1v) is 5.23. The maximum atomic E-state index is 11.6. The summed E-state index contributed by atoms with van der Waals surface area (Å²) >= 11 is 1.52. The third-order valence-corrected chi connectivity index (χ3v) is 3.28. The third kappa shape index (κ3) is 1.21. The number of aromatic amines is 1. The minimum absolute atomic E-state index is 0.131. The number of thiophene rings is 1. The highest BCUT2D eigenvalue weighted by Gasteiger charge is 2.12. The van der Waals surface area contributed by atoms with E-state index < -0.39 is 0 Å². The van der Waals surface area contributed by atoms with Crippen LogP contribution in [0.25, 0.3) is 10.2 Å². The Kier molecular flexibility index (Phi) is 2.03. The summed E-state index contributed by atoms with van der Waals surface area (Å²) in [6.07, 6.45) is 0.848. The Labute approximate surface area is 84.8 Å². The molecule has 0 spiro atoms. The highest BCUT2D eigenvalue weighted by Crippen LogP contribution is 2.27. The molecule has 0 fully saturated rings. The molecule has 0 aliphatic rings. The molecule has 2 rings (SSSR count). The summed E-state index contributed by atoms with van der Waals surface area (Å²) in [4.78, 5) is 20.1. The summed E-state index contributed by atoms with van der Waals surface area (Å²) < 4.78 is 0. The van der Waals surface area contributed by atoms with Gasteiger partial charge in [0.1, 0.15) is 4.83 Å². The van der Waals surface area contributed by atoms with E-state index in [4.69, 9.17) is 5.73 Å². The molecule has 2 heterocycles. The summed E-state index contributed by atoms with van der Waals surface area (Å²) in [5, 5.41) is 0.698. The van der Waals surface area contributed by atoms with Gasteiger partial charge in [-0.25, -0.2) is 4.98 Å². The topological polar surface area (TPSA) is 71.8 Å². The van der Waals surface area contributed by atoms with E-state index in [9.17, 15) is 4.79 Å². The predicted octanol–water partition coefficient (Wildman–Crippen LogP) is 1.44. The average molecular weight is 209 g/mol. The van der Waals surface area contributed by atoms with Gasteiger partial charge in [-0.15, -0.1) is 11.3 Å². The number of nitrogens with two attached hydrogens (primary N) is 1. The van der Waals surface area contributed by atoms with E-state index in [1.54, 1.807) is 0 Å². The summed E-state index contributed by atoms with van der Waals surface area (Å²) in [6.45, 7) is 4.03. The van der Waals surface area contributed by atoms with Crippen molar-refractivity contribution in [2.24, 2.45) is 0 Å². The van der Waals surface area contributed by atoms with Crippen LogP contribution in [0.15, 0.2) is 4.79 Å². The zero-order chi connectivity index (χ0) is 10.3. The van der Waals surface area contributed by atoms with Crippen molar-refractivity contribution in [2.45, 2.75) is 20.3 Å². The Morgan fingerprint density at radius 3 is 2.93 bits per heavy atom. The number of H-pyrrole nitrogens is 1. The van der Waals surface area contributed by atoms with E-state index >= 15 is 0 Å². The average Bonchev–Trinajstić information content (AvgIpc) is 2.40. The van der Waals surface area contributed by atoms with Gasteiger partial charge < -0.3 is 5.73 Å². The Balaban J connectivity index is 2.95. The van der Waals surface area contributed by atoms with Crippen molar-refractivity contribution in [3.63, 3.8) is 0 Å². The molecule has 0 saturated heterocycles. The molecule has 14 heavy (non-hydrogen) atoms. The zero-order valence-electron chi connectivity index (χ0n) is 8.05. The number of hydrogen-bond acceptors (Lipinski definition) is 4. The van der Waals surface area contributed by atoms with Crippen LogP contribution in [0, 0.1) is 6.92 Å². The van der Waals surface area contributed by atoms with Crippen molar-refractivity contribution in [2.75, 3.05) is 5.73 Å². The molecule has 0 aliphatic heterocycles. The molecule has 0 radical (unpaired) electrons. The molecule has 5 heteroatoms. The Morgan fingerprint density at radius 1 is 1.57 bits per heavy atom. The van der Waals surface area contributed by atoms with Crippen LogP contribution in [0.3, 0.4) is 0 Å². The van der Waals surface area contributed by atoms with E-state index in [0.29, 0.717) is 5.39 Å². The number of aryl methyl sites for hydroxylation is 2. The Bertz CT molecular complexity index is 541. The van der Waals surface area contributed by atoms with Gasteiger partial charge in [-0.1, -0.05) is 6.92 Å². The molecule has 0 amide bonds. The fourth-order valence-corrected chi connectivity index (χ4v) is 2.74. The minimum Gasteiger partial charge on any atom is -0.369 e. The summed E-state index contributed by atoms with van der Waals surface area (Å²) in [5.74, 6) is 0.186. The second-order valence-corrected chi connectivity index (χ2v) is 4.32. The van der Waals surface area contributed by atoms with Gasteiger partial charge in [0.2, 0.25) is 5.95 Å². The van der Waals surface area contributed by atoms with Gasteiger partial charge in [0, 0.05) is 4.88 Å². The molecule has 0 unspecified atom stereocenters. The van der Waals surface area contributed by atoms with E-state index in [2.05, 4.69) is 9.97 Å². The number of rotatable bonds is 1. The van der Waals surface area contributed by atoms with Crippen molar-refractivity contribution in [1.82, 2.24) is 9.97 Å². The first-order valence-electron chi connectivity index (χ1n) is 4.41. The Morgan fingerprint density at radius 2 is 2.29 bits per heavy atom. The molecule has 2 aromatic heterocycles. The molecule has 0 saturated carbocycles. The van der Waals surface area contributed by atoms with Crippen LogP contribution in [0.4, 0.5) is 5.95 Å². The molecule has 3 N–H and O–H groups in total. The standard InChI is InChI=1S/C9H11N3OS/c1-3-5-4(2)14-8-6(5)7(13)11-9(10)12-8/h3H2,1-2H3,(H3,10,11,12,13). The molecule has 0 atom stereocenters. The van der Waals surface area contributed by atoms with Crippen molar-refractivity contribution in [3.8, 4) is 0 Å². The second-order valence-electron chi connectivity index (χ2n) is 3.12. The zero-order valence-corrected chi connectivity index (χ0v) is 8.86. The second kappa shape index (κ2) is 3.09. The van der Waals surface area contributed by atoms with Crippen molar-refractivity contribution >= 4 is 27.5 Å². The highest BCUT2D eigenvalue weighted by molar-refractivity contribution is 7.18. The van der Waals surface area contributed by atoms with Gasteiger partial charge in [0.15, 0.2) is 0 Å². The number of fused-ring (bicyclic) bond motifs is 1. The van der Waals surface area contributed by atoms with Crippen LogP contribution in [0.5, 0.6) is 0 Å². The third-order valence-electron chi connectivity index (χ3n) is 2.23. The minimum atomic E-state index is -0.131. The highest BCUT2D eigenvalue weighted by atomic mass is 32.1.